The van der Waals surface area contributed by atoms with E-state index in [-0.39, 0.29) is 0 Å². The van der Waals surface area contributed by atoms with Gasteiger partial charge in [-0.3, -0.25) is 0 Å². The fraction of sp³-hybridized carbons (Fsp3) is 0.0357. The summed E-state index contributed by atoms with van der Waals surface area (Å²) in [6.07, 6.45) is 0. The monoisotopic (exact) mass is 742 g/mol. The highest BCUT2D eigenvalue weighted by Gasteiger charge is 2.17. The third-order valence-electron chi connectivity index (χ3n) is 11.4. The van der Waals surface area contributed by atoms with Gasteiger partial charge in [-0.2, -0.15) is 0 Å². The number of hydrogen-bond donors (Lipinski definition) is 0. The van der Waals surface area contributed by atoms with Crippen molar-refractivity contribution in [3.05, 3.63) is 230 Å². The molecule has 58 heavy (non-hydrogen) atoms. The van der Waals surface area contributed by atoms with Crippen LogP contribution < -0.4 is 4.90 Å². The molecule has 0 unspecified atom stereocenters. The normalized spacial score (nSPS) is 11.3. The van der Waals surface area contributed by atoms with E-state index in [1.807, 2.05) is 0 Å². The highest BCUT2D eigenvalue weighted by Crippen LogP contribution is 2.40. The maximum Gasteiger partial charge on any atom is 0.0541 e. The first-order valence-electron chi connectivity index (χ1n) is 20.0. The van der Waals surface area contributed by atoms with Crippen LogP contribution in [0.15, 0.2) is 218 Å². The molecule has 2 heteroatoms. The number of fused-ring (bicyclic) bond motifs is 3. The Balaban J connectivity index is 0.995. The Morgan fingerprint density at radius 2 is 0.724 bits per heavy atom. The van der Waals surface area contributed by atoms with Crippen molar-refractivity contribution in [2.24, 2.45) is 0 Å². The van der Waals surface area contributed by atoms with Crippen molar-refractivity contribution in [3.8, 4) is 50.2 Å². The zero-order valence-electron chi connectivity index (χ0n) is 32.7. The molecule has 0 N–H and O–H groups in total. The molecule has 2 nitrogen and oxygen atoms in total. The first-order valence-corrected chi connectivity index (χ1v) is 20.0. The lowest BCUT2D eigenvalue weighted by Crippen LogP contribution is -2.09. The second kappa shape index (κ2) is 14.9. The number of para-hydroxylation sites is 2. The molecule has 0 amide bonds. The number of anilines is 3. The number of hydrogen-bond acceptors (Lipinski definition) is 1. The van der Waals surface area contributed by atoms with E-state index in [1.54, 1.807) is 0 Å². The first-order chi connectivity index (χ1) is 28.6. The zero-order chi connectivity index (χ0) is 39.0. The molecule has 276 valence electrons. The minimum atomic E-state index is 1.11. The summed E-state index contributed by atoms with van der Waals surface area (Å²) in [4.78, 5) is 2.35. The van der Waals surface area contributed by atoms with E-state index in [2.05, 4.69) is 242 Å². The molecular weight excluding hydrogens is 701 g/mol. The molecule has 10 rings (SSSR count). The Kier molecular flexibility index (Phi) is 9.01. The lowest BCUT2D eigenvalue weighted by atomic mass is 9.91. The van der Waals surface area contributed by atoms with Crippen LogP contribution in [0.3, 0.4) is 0 Å². The maximum absolute atomic E-state index is 2.37. The van der Waals surface area contributed by atoms with E-state index in [9.17, 15) is 0 Å². The highest BCUT2D eigenvalue weighted by molar-refractivity contribution is 6.10. The fourth-order valence-corrected chi connectivity index (χ4v) is 8.68. The SMILES string of the molecule is Cc1cc(-c2ccc3c(c2)c2ccccc2n3-c2ccccc2)cc(C)c1-c1ccc(N(c2ccc(-c3ccccc3)cc2)c2ccc(-c3ccccc3)cc2)cc1. The lowest BCUT2D eigenvalue weighted by Gasteiger charge is -2.26. The van der Waals surface area contributed by atoms with Crippen LogP contribution in [0.4, 0.5) is 17.1 Å². The molecule has 0 aliphatic carbocycles. The molecule has 0 bridgehead atoms. The second-order valence-corrected chi connectivity index (χ2v) is 15.1. The van der Waals surface area contributed by atoms with Gasteiger partial charge in [0.2, 0.25) is 0 Å². The van der Waals surface area contributed by atoms with Crippen LogP contribution in [0.2, 0.25) is 0 Å². The minimum Gasteiger partial charge on any atom is -0.311 e. The van der Waals surface area contributed by atoms with E-state index in [0.717, 1.165) is 17.1 Å². The van der Waals surface area contributed by atoms with Crippen molar-refractivity contribution < 1.29 is 0 Å². The van der Waals surface area contributed by atoms with Gasteiger partial charge in [0.15, 0.2) is 0 Å². The summed E-state index contributed by atoms with van der Waals surface area (Å²) >= 11 is 0. The average molecular weight is 743 g/mol. The van der Waals surface area contributed by atoms with Gasteiger partial charge in [0.25, 0.3) is 0 Å². The standard InChI is InChI=1S/C56H42N2/c1-39-36-47(46-28-35-55-53(38-46)52-20-12-13-21-54(52)58(55)48-18-10-5-11-19-48)37-40(2)56(39)45-26-33-51(34-27-45)57(49-29-22-43(23-30-49)41-14-6-3-7-15-41)50-31-24-44(25-32-50)42-16-8-4-9-17-42/h3-38H,1-2H3. The van der Waals surface area contributed by atoms with Gasteiger partial charge in [-0.05, 0) is 136 Å². The van der Waals surface area contributed by atoms with Crippen LogP contribution in [-0.4, -0.2) is 4.57 Å². The molecule has 10 aromatic rings. The molecule has 0 fully saturated rings. The summed E-state index contributed by atoms with van der Waals surface area (Å²) in [5, 5.41) is 2.53. The molecular formula is C56H42N2. The number of aryl methyl sites for hydroxylation is 2. The van der Waals surface area contributed by atoms with Crippen LogP contribution in [0.5, 0.6) is 0 Å². The molecule has 9 aromatic carbocycles. The number of nitrogens with zero attached hydrogens (tertiary/aromatic N) is 2. The number of aromatic nitrogens is 1. The average Bonchev–Trinajstić information content (AvgIpc) is 3.62. The summed E-state index contributed by atoms with van der Waals surface area (Å²) in [5.41, 5.74) is 19.3. The third-order valence-corrected chi connectivity index (χ3v) is 11.4. The molecule has 0 radical (unpaired) electrons. The van der Waals surface area contributed by atoms with E-state index >= 15 is 0 Å². The quantitative estimate of drug-likeness (QED) is 0.150. The summed E-state index contributed by atoms with van der Waals surface area (Å²) in [7, 11) is 0. The lowest BCUT2D eigenvalue weighted by molar-refractivity contribution is 1.18. The largest absolute Gasteiger partial charge is 0.311 e. The Hall–Kier alpha value is -7.42. The topological polar surface area (TPSA) is 8.17 Å². The second-order valence-electron chi connectivity index (χ2n) is 15.1. The van der Waals surface area contributed by atoms with Crippen LogP contribution >= 0.6 is 0 Å². The Labute approximate surface area is 340 Å². The smallest absolute Gasteiger partial charge is 0.0541 e. The van der Waals surface area contributed by atoms with Crippen molar-refractivity contribution in [3.63, 3.8) is 0 Å². The number of benzene rings is 9. The van der Waals surface area contributed by atoms with E-state index in [1.165, 1.54) is 83.1 Å². The van der Waals surface area contributed by atoms with E-state index in [0.29, 0.717) is 0 Å². The molecule has 0 aliphatic heterocycles. The van der Waals surface area contributed by atoms with E-state index < -0.39 is 0 Å². The van der Waals surface area contributed by atoms with Gasteiger partial charge < -0.3 is 9.47 Å². The van der Waals surface area contributed by atoms with Crippen molar-refractivity contribution in [2.45, 2.75) is 13.8 Å². The van der Waals surface area contributed by atoms with Gasteiger partial charge in [-0.15, -0.1) is 0 Å². The molecule has 1 heterocycles. The van der Waals surface area contributed by atoms with Crippen molar-refractivity contribution in [2.75, 3.05) is 4.90 Å². The van der Waals surface area contributed by atoms with Crippen molar-refractivity contribution in [1.82, 2.24) is 4.57 Å². The third kappa shape index (κ3) is 6.45. The van der Waals surface area contributed by atoms with Gasteiger partial charge in [0.1, 0.15) is 0 Å². The highest BCUT2D eigenvalue weighted by atomic mass is 15.1. The van der Waals surface area contributed by atoms with Crippen LogP contribution in [-0.2, 0) is 0 Å². The summed E-state index contributed by atoms with van der Waals surface area (Å²) in [5.74, 6) is 0. The maximum atomic E-state index is 2.37. The van der Waals surface area contributed by atoms with E-state index in [4.69, 9.17) is 0 Å². The summed E-state index contributed by atoms with van der Waals surface area (Å²) < 4.78 is 2.37. The Morgan fingerprint density at radius 3 is 1.26 bits per heavy atom. The summed E-state index contributed by atoms with van der Waals surface area (Å²) in [6.45, 7) is 4.49. The summed E-state index contributed by atoms with van der Waals surface area (Å²) in [6, 6.07) is 79.0. The van der Waals surface area contributed by atoms with Gasteiger partial charge in [-0.25, -0.2) is 0 Å². The van der Waals surface area contributed by atoms with Crippen molar-refractivity contribution in [1.29, 1.82) is 0 Å². The number of rotatable bonds is 8. The Morgan fingerprint density at radius 1 is 0.310 bits per heavy atom. The van der Waals surface area contributed by atoms with Crippen LogP contribution in [0, 0.1) is 13.8 Å². The van der Waals surface area contributed by atoms with Crippen LogP contribution in [0.1, 0.15) is 11.1 Å². The zero-order valence-corrected chi connectivity index (χ0v) is 32.7. The first kappa shape index (κ1) is 35.0. The van der Waals surface area contributed by atoms with Gasteiger partial charge >= 0.3 is 0 Å². The molecule has 0 atom stereocenters. The molecule has 1 aromatic heterocycles. The predicted molar refractivity (Wildman–Crippen MR) is 247 cm³/mol. The molecule has 0 saturated carbocycles. The molecule has 0 saturated heterocycles. The van der Waals surface area contributed by atoms with Gasteiger partial charge in [0.05, 0.1) is 11.0 Å². The Bertz CT molecular complexity index is 2910. The van der Waals surface area contributed by atoms with Gasteiger partial charge in [-0.1, -0.05) is 152 Å². The van der Waals surface area contributed by atoms with Crippen LogP contribution in [0.25, 0.3) is 72.0 Å². The fourth-order valence-electron chi connectivity index (χ4n) is 8.68. The molecule has 0 aliphatic rings. The minimum absolute atomic E-state index is 1.11. The van der Waals surface area contributed by atoms with Crippen molar-refractivity contribution >= 4 is 38.9 Å². The molecule has 0 spiro atoms. The predicted octanol–water partition coefficient (Wildman–Crippen LogP) is 15.5. The van der Waals surface area contributed by atoms with Gasteiger partial charge in [0, 0.05) is 33.5 Å².